The van der Waals surface area contributed by atoms with E-state index in [0.717, 1.165) is 17.7 Å². The highest BCUT2D eigenvalue weighted by Crippen LogP contribution is 2.38. The summed E-state index contributed by atoms with van der Waals surface area (Å²) in [6, 6.07) is 13.9. The molecule has 0 unspecified atom stereocenters. The molecule has 0 aliphatic heterocycles. The van der Waals surface area contributed by atoms with Crippen LogP contribution < -0.4 is 9.62 Å². The Morgan fingerprint density at radius 2 is 1.60 bits per heavy atom. The number of benzene rings is 3. The Bertz CT molecular complexity index is 1530. The fourth-order valence-corrected chi connectivity index (χ4v) is 6.10. The van der Waals surface area contributed by atoms with E-state index in [-0.39, 0.29) is 24.4 Å². The van der Waals surface area contributed by atoms with Crippen molar-refractivity contribution in [3.8, 4) is 0 Å². The molecule has 0 spiro atoms. The molecule has 13 heteroatoms. The molecule has 3 rings (SSSR count). The number of nitrogens with one attached hydrogen (secondary N) is 1. The second-order valence-electron chi connectivity index (χ2n) is 9.42. The highest BCUT2D eigenvalue weighted by molar-refractivity contribution is 7.92. The van der Waals surface area contributed by atoms with Gasteiger partial charge in [0.25, 0.3) is 10.0 Å². The molecule has 1 N–H and O–H groups in total. The number of aryl methyl sites for hydroxylation is 1. The molecule has 3 aromatic carbocycles. The maximum absolute atomic E-state index is 14.0. The third-order valence-electron chi connectivity index (χ3n) is 6.47. The molecule has 0 fully saturated rings. The Kier molecular flexibility index (Phi) is 10.9. The van der Waals surface area contributed by atoms with Crippen molar-refractivity contribution in [2.75, 3.05) is 17.4 Å². The number of hydrogen-bond acceptors (Lipinski definition) is 4. The lowest BCUT2D eigenvalue weighted by atomic mass is 10.1. The van der Waals surface area contributed by atoms with Crippen LogP contribution in [-0.2, 0) is 32.3 Å². The standard InChI is InChI=1S/C29H30Cl2F3N3O4S/c1-4-26(28(39)35-5-2)36(17-20-8-6-7-9-24(20)30)27(38)18-37(42(40,41)22-13-10-19(3)11-14-22)21-12-15-25(31)23(16-21)29(32,33)34/h6-16,26H,4-5,17-18H2,1-3H3,(H,35,39)/t26-/m0/s1. The van der Waals surface area contributed by atoms with Crippen LogP contribution in [0, 0.1) is 6.92 Å². The number of halogens is 5. The third kappa shape index (κ3) is 7.76. The van der Waals surface area contributed by atoms with Crippen molar-refractivity contribution in [1.29, 1.82) is 0 Å². The fourth-order valence-electron chi connectivity index (χ4n) is 4.27. The molecule has 2 amide bonds. The molecular weight excluding hydrogens is 614 g/mol. The van der Waals surface area contributed by atoms with Crippen molar-refractivity contribution in [3.05, 3.63) is 93.5 Å². The quantitative estimate of drug-likeness (QED) is 0.260. The summed E-state index contributed by atoms with van der Waals surface area (Å²) in [5.41, 5.74) is -0.445. The third-order valence-corrected chi connectivity index (χ3v) is 8.95. The maximum Gasteiger partial charge on any atom is 0.417 e. The van der Waals surface area contributed by atoms with Gasteiger partial charge in [-0.25, -0.2) is 8.42 Å². The second kappa shape index (κ2) is 13.8. The Morgan fingerprint density at radius 3 is 2.17 bits per heavy atom. The number of hydrogen-bond donors (Lipinski definition) is 1. The van der Waals surface area contributed by atoms with Gasteiger partial charge in [-0.05, 0) is 62.2 Å². The van der Waals surface area contributed by atoms with Gasteiger partial charge in [-0.15, -0.1) is 0 Å². The zero-order chi connectivity index (χ0) is 31.2. The topological polar surface area (TPSA) is 86.8 Å². The second-order valence-corrected chi connectivity index (χ2v) is 12.1. The summed E-state index contributed by atoms with van der Waals surface area (Å²) >= 11 is 12.1. The van der Waals surface area contributed by atoms with Gasteiger partial charge in [-0.1, -0.05) is 66.0 Å². The number of likely N-dealkylation sites (N-methyl/N-ethyl adjacent to an activating group) is 1. The summed E-state index contributed by atoms with van der Waals surface area (Å²) in [4.78, 5) is 27.9. The van der Waals surface area contributed by atoms with Gasteiger partial charge >= 0.3 is 6.18 Å². The molecular formula is C29H30Cl2F3N3O4S. The zero-order valence-corrected chi connectivity index (χ0v) is 25.4. The number of alkyl halides is 3. The van der Waals surface area contributed by atoms with Crippen LogP contribution in [0.25, 0.3) is 0 Å². The molecule has 1 atom stereocenters. The predicted octanol–water partition coefficient (Wildman–Crippen LogP) is 6.46. The van der Waals surface area contributed by atoms with Crippen LogP contribution in [0.2, 0.25) is 10.0 Å². The molecule has 0 saturated carbocycles. The average molecular weight is 645 g/mol. The van der Waals surface area contributed by atoms with Gasteiger partial charge in [-0.3, -0.25) is 13.9 Å². The van der Waals surface area contributed by atoms with E-state index in [4.69, 9.17) is 23.2 Å². The van der Waals surface area contributed by atoms with Crippen LogP contribution >= 0.6 is 23.2 Å². The van der Waals surface area contributed by atoms with Crippen molar-refractivity contribution in [2.45, 2.75) is 50.9 Å². The van der Waals surface area contributed by atoms with E-state index >= 15 is 0 Å². The van der Waals surface area contributed by atoms with E-state index in [2.05, 4.69) is 5.32 Å². The summed E-state index contributed by atoms with van der Waals surface area (Å²) in [5.74, 6) is -1.30. The minimum Gasteiger partial charge on any atom is -0.355 e. The van der Waals surface area contributed by atoms with Gasteiger partial charge in [-0.2, -0.15) is 13.2 Å². The Hall–Kier alpha value is -3.28. The molecule has 0 saturated heterocycles. The zero-order valence-electron chi connectivity index (χ0n) is 23.1. The van der Waals surface area contributed by atoms with Crippen molar-refractivity contribution in [3.63, 3.8) is 0 Å². The average Bonchev–Trinajstić information content (AvgIpc) is 2.92. The van der Waals surface area contributed by atoms with Crippen LogP contribution in [0.4, 0.5) is 18.9 Å². The van der Waals surface area contributed by atoms with Gasteiger partial charge in [0, 0.05) is 18.1 Å². The van der Waals surface area contributed by atoms with E-state index in [9.17, 15) is 31.2 Å². The van der Waals surface area contributed by atoms with Crippen LogP contribution in [0.5, 0.6) is 0 Å². The van der Waals surface area contributed by atoms with Gasteiger partial charge < -0.3 is 10.2 Å². The minimum absolute atomic E-state index is 0.152. The predicted molar refractivity (Wildman–Crippen MR) is 157 cm³/mol. The lowest BCUT2D eigenvalue weighted by molar-refractivity contribution is -0.140. The van der Waals surface area contributed by atoms with Crippen LogP contribution in [0.15, 0.2) is 71.6 Å². The summed E-state index contributed by atoms with van der Waals surface area (Å²) < 4.78 is 69.6. The van der Waals surface area contributed by atoms with E-state index < -0.39 is 56.9 Å². The molecule has 226 valence electrons. The highest BCUT2D eigenvalue weighted by Gasteiger charge is 2.37. The van der Waals surface area contributed by atoms with Crippen molar-refractivity contribution in [2.24, 2.45) is 0 Å². The Morgan fingerprint density at radius 1 is 0.952 bits per heavy atom. The highest BCUT2D eigenvalue weighted by atomic mass is 35.5. The van der Waals surface area contributed by atoms with Gasteiger partial charge in [0.2, 0.25) is 11.8 Å². The number of anilines is 1. The van der Waals surface area contributed by atoms with E-state index in [1.807, 2.05) is 0 Å². The molecule has 0 bridgehead atoms. The lowest BCUT2D eigenvalue weighted by Gasteiger charge is -2.33. The van der Waals surface area contributed by atoms with Crippen LogP contribution in [-0.4, -0.2) is 44.3 Å². The molecule has 0 heterocycles. The molecule has 42 heavy (non-hydrogen) atoms. The fraction of sp³-hybridized carbons (Fsp3) is 0.310. The summed E-state index contributed by atoms with van der Waals surface area (Å²) in [6.45, 7) is 4.35. The summed E-state index contributed by atoms with van der Waals surface area (Å²) in [7, 11) is -4.57. The number of amides is 2. The Labute approximate surface area is 253 Å². The van der Waals surface area contributed by atoms with E-state index in [1.165, 1.54) is 29.2 Å². The van der Waals surface area contributed by atoms with Crippen LogP contribution in [0.1, 0.15) is 37.0 Å². The van der Waals surface area contributed by atoms with Gasteiger partial charge in [0.15, 0.2) is 0 Å². The molecule has 0 aromatic heterocycles. The largest absolute Gasteiger partial charge is 0.417 e. The Balaban J connectivity index is 2.16. The number of sulfonamides is 1. The number of carbonyl (C=O) groups excluding carboxylic acids is 2. The summed E-state index contributed by atoms with van der Waals surface area (Å²) in [5, 5.41) is 2.36. The van der Waals surface area contributed by atoms with Crippen LogP contribution in [0.3, 0.4) is 0 Å². The summed E-state index contributed by atoms with van der Waals surface area (Å²) in [6.07, 6.45) is -4.72. The monoisotopic (exact) mass is 643 g/mol. The number of carbonyl (C=O) groups is 2. The first-order valence-electron chi connectivity index (χ1n) is 13.0. The van der Waals surface area contributed by atoms with E-state index in [0.29, 0.717) is 21.0 Å². The van der Waals surface area contributed by atoms with Gasteiger partial charge in [0.05, 0.1) is 21.2 Å². The maximum atomic E-state index is 14.0. The van der Waals surface area contributed by atoms with E-state index in [1.54, 1.807) is 45.0 Å². The SMILES string of the molecule is CCNC(=O)[C@H](CC)N(Cc1ccccc1Cl)C(=O)CN(c1ccc(Cl)c(C(F)(F)F)c1)S(=O)(=O)c1ccc(C)cc1. The molecule has 0 aliphatic rings. The molecule has 7 nitrogen and oxygen atoms in total. The number of rotatable bonds is 11. The van der Waals surface area contributed by atoms with Crippen molar-refractivity contribution in [1.82, 2.24) is 10.2 Å². The minimum atomic E-state index is -4.89. The first-order valence-corrected chi connectivity index (χ1v) is 15.2. The molecule has 3 aromatic rings. The molecule has 0 aliphatic carbocycles. The van der Waals surface area contributed by atoms with Crippen molar-refractivity contribution >= 4 is 50.7 Å². The lowest BCUT2D eigenvalue weighted by Crippen LogP contribution is -2.52. The number of nitrogens with zero attached hydrogens (tertiary/aromatic N) is 2. The normalized spacial score (nSPS) is 12.5. The van der Waals surface area contributed by atoms with Gasteiger partial charge in [0.1, 0.15) is 12.6 Å². The first kappa shape index (κ1) is 33.2. The smallest absolute Gasteiger partial charge is 0.355 e. The van der Waals surface area contributed by atoms with Crippen molar-refractivity contribution < 1.29 is 31.2 Å². The molecule has 0 radical (unpaired) electrons. The first-order chi connectivity index (χ1) is 19.7.